The van der Waals surface area contributed by atoms with Crippen molar-refractivity contribution < 1.29 is 23.2 Å². The van der Waals surface area contributed by atoms with E-state index in [0.717, 1.165) is 19.3 Å². The molecule has 2 aliphatic rings. The van der Waals surface area contributed by atoms with Gasteiger partial charge in [0.1, 0.15) is 11.6 Å². The maximum atomic E-state index is 14.9. The molecule has 0 bridgehead atoms. The number of hydrogen-bond acceptors (Lipinski definition) is 4. The lowest BCUT2D eigenvalue weighted by Crippen LogP contribution is -2.41. The van der Waals surface area contributed by atoms with Gasteiger partial charge >= 0.3 is 7.12 Å². The van der Waals surface area contributed by atoms with Gasteiger partial charge in [-0.2, -0.15) is 0 Å². The van der Waals surface area contributed by atoms with Gasteiger partial charge in [0.15, 0.2) is 6.29 Å². The van der Waals surface area contributed by atoms with Crippen molar-refractivity contribution in [1.82, 2.24) is 0 Å². The van der Waals surface area contributed by atoms with Crippen LogP contribution in [0.5, 0.6) is 5.75 Å². The van der Waals surface area contributed by atoms with Crippen LogP contribution in [-0.2, 0) is 14.0 Å². The summed E-state index contributed by atoms with van der Waals surface area (Å²) in [5.74, 6) is 0.168. The predicted molar refractivity (Wildman–Crippen MR) is 91.1 cm³/mol. The van der Waals surface area contributed by atoms with Gasteiger partial charge in [0.25, 0.3) is 0 Å². The quantitative estimate of drug-likeness (QED) is 0.794. The van der Waals surface area contributed by atoms with Crippen molar-refractivity contribution in [2.24, 2.45) is 0 Å². The van der Waals surface area contributed by atoms with Crippen molar-refractivity contribution in [2.75, 3.05) is 6.61 Å². The van der Waals surface area contributed by atoms with Gasteiger partial charge in [-0.05, 0) is 53.5 Å². The van der Waals surface area contributed by atoms with Crippen LogP contribution in [0.15, 0.2) is 12.1 Å². The van der Waals surface area contributed by atoms with Gasteiger partial charge in [0.05, 0.1) is 17.8 Å². The SMILES string of the molecule is Cc1c(OC2CCCCO2)ccc(B2OC(C)(C)C(C)(C)O2)c1F. The van der Waals surface area contributed by atoms with Crippen LogP contribution < -0.4 is 10.2 Å². The summed E-state index contributed by atoms with van der Waals surface area (Å²) < 4.78 is 38.2. The molecule has 1 aromatic carbocycles. The third-order valence-corrected chi connectivity index (χ3v) is 5.27. The van der Waals surface area contributed by atoms with E-state index < -0.39 is 18.3 Å². The van der Waals surface area contributed by atoms with Crippen molar-refractivity contribution in [1.29, 1.82) is 0 Å². The average molecular weight is 336 g/mol. The Kier molecular flexibility index (Phi) is 4.66. The highest BCUT2D eigenvalue weighted by molar-refractivity contribution is 6.62. The highest BCUT2D eigenvalue weighted by atomic mass is 19.1. The molecule has 2 saturated heterocycles. The summed E-state index contributed by atoms with van der Waals surface area (Å²) in [4.78, 5) is 0. The van der Waals surface area contributed by atoms with Crippen molar-refractivity contribution >= 4 is 12.6 Å². The normalized spacial score (nSPS) is 25.8. The smallest absolute Gasteiger partial charge is 0.465 e. The first kappa shape index (κ1) is 17.7. The van der Waals surface area contributed by atoms with Crippen molar-refractivity contribution in [2.45, 2.75) is 71.4 Å². The molecule has 132 valence electrons. The molecular weight excluding hydrogens is 310 g/mol. The van der Waals surface area contributed by atoms with Gasteiger partial charge in [-0.3, -0.25) is 0 Å². The molecule has 24 heavy (non-hydrogen) atoms. The second-order valence-corrected chi connectivity index (χ2v) is 7.59. The van der Waals surface area contributed by atoms with E-state index >= 15 is 0 Å². The zero-order valence-corrected chi connectivity index (χ0v) is 15.1. The maximum Gasteiger partial charge on any atom is 0.497 e. The summed E-state index contributed by atoms with van der Waals surface area (Å²) in [5, 5.41) is 0. The van der Waals surface area contributed by atoms with E-state index in [1.807, 2.05) is 27.7 Å². The van der Waals surface area contributed by atoms with Crippen molar-refractivity contribution in [3.05, 3.63) is 23.5 Å². The summed E-state index contributed by atoms with van der Waals surface area (Å²) in [6, 6.07) is 3.46. The van der Waals surface area contributed by atoms with Gasteiger partial charge < -0.3 is 18.8 Å². The first-order valence-corrected chi connectivity index (χ1v) is 8.64. The minimum Gasteiger partial charge on any atom is -0.465 e. The van der Waals surface area contributed by atoms with Crippen molar-refractivity contribution in [3.63, 3.8) is 0 Å². The summed E-state index contributed by atoms with van der Waals surface area (Å²) >= 11 is 0. The van der Waals surface area contributed by atoms with Crippen LogP contribution in [0.4, 0.5) is 4.39 Å². The Morgan fingerprint density at radius 1 is 1.12 bits per heavy atom. The second-order valence-electron chi connectivity index (χ2n) is 7.59. The Bertz CT molecular complexity index is 595. The Morgan fingerprint density at radius 3 is 2.38 bits per heavy atom. The zero-order valence-electron chi connectivity index (χ0n) is 15.1. The van der Waals surface area contributed by atoms with Gasteiger partial charge in [-0.15, -0.1) is 0 Å². The standard InChI is InChI=1S/C18H26BFO4/c1-12-14(22-15-8-6-7-11-21-15)10-9-13(16(12)20)19-23-17(2,3)18(4,5)24-19/h9-10,15H,6-8,11H2,1-5H3. The first-order chi connectivity index (χ1) is 11.2. The molecule has 2 aliphatic heterocycles. The molecule has 4 nitrogen and oxygen atoms in total. The summed E-state index contributed by atoms with van der Waals surface area (Å²) in [6.07, 6.45) is 2.66. The zero-order chi connectivity index (χ0) is 17.5. The van der Waals surface area contributed by atoms with Crippen LogP contribution in [0, 0.1) is 12.7 Å². The van der Waals surface area contributed by atoms with E-state index in [0.29, 0.717) is 23.4 Å². The predicted octanol–water partition coefficient (Wildman–Crippen LogP) is 3.34. The molecule has 3 rings (SSSR count). The van der Waals surface area contributed by atoms with Gasteiger partial charge in [0, 0.05) is 17.4 Å². The molecule has 0 aliphatic carbocycles. The van der Waals surface area contributed by atoms with E-state index in [1.54, 1.807) is 19.1 Å². The Hall–Kier alpha value is -1.11. The lowest BCUT2D eigenvalue weighted by molar-refractivity contribution is -0.106. The Labute approximate surface area is 143 Å². The van der Waals surface area contributed by atoms with Gasteiger partial charge in [0.2, 0.25) is 0 Å². The summed E-state index contributed by atoms with van der Waals surface area (Å²) in [5.41, 5.74) is -0.133. The van der Waals surface area contributed by atoms with Gasteiger partial charge in [-0.1, -0.05) is 6.07 Å². The molecule has 0 spiro atoms. The monoisotopic (exact) mass is 336 g/mol. The molecule has 1 unspecified atom stereocenters. The number of hydrogen-bond donors (Lipinski definition) is 0. The van der Waals surface area contributed by atoms with Crippen molar-refractivity contribution in [3.8, 4) is 5.75 Å². The van der Waals surface area contributed by atoms with E-state index in [2.05, 4.69) is 0 Å². The average Bonchev–Trinajstić information content (AvgIpc) is 2.73. The van der Waals surface area contributed by atoms with Gasteiger partial charge in [-0.25, -0.2) is 4.39 Å². The lowest BCUT2D eigenvalue weighted by Gasteiger charge is -2.32. The number of benzene rings is 1. The maximum absolute atomic E-state index is 14.9. The molecule has 0 aromatic heterocycles. The van der Waals surface area contributed by atoms with Crippen LogP contribution in [0.2, 0.25) is 0 Å². The molecule has 2 fully saturated rings. The molecule has 6 heteroatoms. The van der Waals surface area contributed by atoms with Crippen LogP contribution >= 0.6 is 0 Å². The third-order valence-electron chi connectivity index (χ3n) is 5.27. The van der Waals surface area contributed by atoms with Crippen LogP contribution in [0.25, 0.3) is 0 Å². The van der Waals surface area contributed by atoms with E-state index in [1.165, 1.54) is 0 Å². The molecule has 0 amide bonds. The van der Waals surface area contributed by atoms with Crippen LogP contribution in [-0.4, -0.2) is 31.2 Å². The van der Waals surface area contributed by atoms with Crippen LogP contribution in [0.1, 0.15) is 52.5 Å². The minimum absolute atomic E-state index is 0.292. The highest BCUT2D eigenvalue weighted by Crippen LogP contribution is 2.37. The highest BCUT2D eigenvalue weighted by Gasteiger charge is 2.52. The number of rotatable bonds is 3. The first-order valence-electron chi connectivity index (χ1n) is 8.64. The van der Waals surface area contributed by atoms with E-state index in [-0.39, 0.29) is 12.1 Å². The summed E-state index contributed by atoms with van der Waals surface area (Å²) in [7, 11) is -0.714. The molecular formula is C18H26BFO4. The largest absolute Gasteiger partial charge is 0.497 e. The minimum atomic E-state index is -0.714. The molecule has 2 heterocycles. The second kappa shape index (κ2) is 6.32. The number of halogens is 1. The topological polar surface area (TPSA) is 36.9 Å². The molecule has 0 N–H and O–H groups in total. The molecule has 0 radical (unpaired) electrons. The fourth-order valence-electron chi connectivity index (χ4n) is 2.91. The fourth-order valence-corrected chi connectivity index (χ4v) is 2.91. The van der Waals surface area contributed by atoms with E-state index in [4.69, 9.17) is 18.8 Å². The molecule has 1 atom stereocenters. The lowest BCUT2D eigenvalue weighted by atomic mass is 9.77. The van der Waals surface area contributed by atoms with E-state index in [9.17, 15) is 4.39 Å². The Balaban J connectivity index is 1.80. The molecule has 1 aromatic rings. The fraction of sp³-hybridized carbons (Fsp3) is 0.667. The molecule has 0 saturated carbocycles. The summed E-state index contributed by atoms with van der Waals surface area (Å²) in [6.45, 7) is 10.2. The number of ether oxygens (including phenoxy) is 2. The third kappa shape index (κ3) is 3.19. The Morgan fingerprint density at radius 2 is 1.79 bits per heavy atom. The van der Waals surface area contributed by atoms with Crippen LogP contribution in [0.3, 0.4) is 0 Å².